The van der Waals surface area contributed by atoms with Gasteiger partial charge in [-0.15, -0.1) is 0 Å². The number of anilines is 1. The summed E-state index contributed by atoms with van der Waals surface area (Å²) < 4.78 is 6.09. The van der Waals surface area contributed by atoms with E-state index in [1.54, 1.807) is 19.1 Å². The molecule has 2 aromatic rings. The van der Waals surface area contributed by atoms with Gasteiger partial charge in [0.15, 0.2) is 0 Å². The van der Waals surface area contributed by atoms with Gasteiger partial charge in [-0.2, -0.15) is 0 Å². The maximum absolute atomic E-state index is 12.6. The van der Waals surface area contributed by atoms with E-state index in [0.29, 0.717) is 12.2 Å². The SMILES string of the molecule is Cc1cc(Cl)c(/C(Cl)=C/[C@@H](Nc2ccc(Br)cc2)[C@H]2CCCCC2=O)c(=O)o1. The zero-order valence-electron chi connectivity index (χ0n) is 15.3. The Bertz CT molecular complexity index is 953. The molecule has 1 heterocycles. The van der Waals surface area contributed by atoms with Gasteiger partial charge >= 0.3 is 5.63 Å². The Hall–Kier alpha value is -1.56. The van der Waals surface area contributed by atoms with Crippen molar-refractivity contribution in [1.82, 2.24) is 0 Å². The number of benzene rings is 1. The number of carbonyl (C=O) groups is 1. The molecule has 0 aliphatic heterocycles. The van der Waals surface area contributed by atoms with Gasteiger partial charge in [0.1, 0.15) is 11.5 Å². The molecule has 4 nitrogen and oxygen atoms in total. The summed E-state index contributed by atoms with van der Waals surface area (Å²) in [5.41, 5.74) is 0.373. The molecule has 0 bridgehead atoms. The molecule has 0 saturated heterocycles. The van der Waals surface area contributed by atoms with Gasteiger partial charge in [-0.25, -0.2) is 4.79 Å². The predicted octanol–water partition coefficient (Wildman–Crippen LogP) is 6.18. The summed E-state index contributed by atoms with van der Waals surface area (Å²) in [6.45, 7) is 1.65. The second-order valence-electron chi connectivity index (χ2n) is 6.88. The Balaban J connectivity index is 1.98. The quantitative estimate of drug-likeness (QED) is 0.550. The average Bonchev–Trinajstić information content (AvgIpc) is 2.62. The number of hydrogen-bond donors (Lipinski definition) is 1. The first-order valence-electron chi connectivity index (χ1n) is 9.08. The number of carbonyl (C=O) groups excluding carboxylic acids is 1. The maximum Gasteiger partial charge on any atom is 0.346 e. The summed E-state index contributed by atoms with van der Waals surface area (Å²) in [6, 6.07) is 8.85. The van der Waals surface area contributed by atoms with Crippen LogP contribution >= 0.6 is 39.1 Å². The zero-order valence-corrected chi connectivity index (χ0v) is 18.4. The molecular formula is C21H20BrCl2NO3. The van der Waals surface area contributed by atoms with Crippen molar-refractivity contribution in [2.24, 2.45) is 5.92 Å². The molecule has 1 aliphatic carbocycles. The molecular weight excluding hydrogens is 465 g/mol. The Labute approximate surface area is 182 Å². The van der Waals surface area contributed by atoms with Gasteiger partial charge in [-0.3, -0.25) is 4.79 Å². The largest absolute Gasteiger partial charge is 0.428 e. The molecule has 3 rings (SSSR count). The fourth-order valence-corrected chi connectivity index (χ4v) is 4.37. The standard InChI is InChI=1S/C21H20BrCl2NO3/c1-12-10-16(23)20(21(27)28-12)17(24)11-18(15-4-2-3-5-19(15)26)25-14-8-6-13(22)7-9-14/h6-11,15,18,25H,2-5H2,1H3/b17-11-/t15-,18-/m1/s1. The Kier molecular flexibility index (Phi) is 7.02. The van der Waals surface area contributed by atoms with Crippen LogP contribution in [0.3, 0.4) is 0 Å². The molecule has 0 radical (unpaired) electrons. The molecule has 1 aromatic heterocycles. The summed E-state index contributed by atoms with van der Waals surface area (Å²) in [6.07, 6.45) is 4.91. The van der Waals surface area contributed by atoms with E-state index >= 15 is 0 Å². The molecule has 148 valence electrons. The van der Waals surface area contributed by atoms with Gasteiger partial charge in [0.25, 0.3) is 0 Å². The topological polar surface area (TPSA) is 59.3 Å². The fourth-order valence-electron chi connectivity index (χ4n) is 3.41. The van der Waals surface area contributed by atoms with Crippen molar-refractivity contribution in [3.63, 3.8) is 0 Å². The number of nitrogens with one attached hydrogen (secondary N) is 1. The highest BCUT2D eigenvalue weighted by atomic mass is 79.9. The van der Waals surface area contributed by atoms with E-state index in [9.17, 15) is 9.59 Å². The van der Waals surface area contributed by atoms with Crippen LogP contribution in [0.4, 0.5) is 5.69 Å². The van der Waals surface area contributed by atoms with E-state index in [-0.39, 0.29) is 33.4 Å². The Morgan fingerprint density at radius 1 is 1.29 bits per heavy atom. The summed E-state index contributed by atoms with van der Waals surface area (Å²) in [7, 11) is 0. The smallest absolute Gasteiger partial charge is 0.346 e. The van der Waals surface area contributed by atoms with Gasteiger partial charge in [-0.1, -0.05) is 45.6 Å². The molecule has 1 fully saturated rings. The second-order valence-corrected chi connectivity index (χ2v) is 8.61. The lowest BCUT2D eigenvalue weighted by Gasteiger charge is -2.29. The first-order valence-corrected chi connectivity index (χ1v) is 10.6. The van der Waals surface area contributed by atoms with E-state index in [0.717, 1.165) is 29.4 Å². The summed E-state index contributed by atoms with van der Waals surface area (Å²) >= 11 is 16.1. The van der Waals surface area contributed by atoms with Crippen molar-refractivity contribution < 1.29 is 9.21 Å². The molecule has 0 spiro atoms. The minimum atomic E-state index is -0.594. The van der Waals surface area contributed by atoms with Crippen LogP contribution in [0.5, 0.6) is 0 Å². The maximum atomic E-state index is 12.6. The third-order valence-corrected chi connectivity index (χ3v) is 5.95. The Morgan fingerprint density at radius 2 is 2.00 bits per heavy atom. The fraction of sp³-hybridized carbons (Fsp3) is 0.333. The van der Waals surface area contributed by atoms with E-state index in [2.05, 4.69) is 21.2 Å². The van der Waals surface area contributed by atoms with Crippen LogP contribution in [0, 0.1) is 12.8 Å². The van der Waals surface area contributed by atoms with Crippen LogP contribution in [0.2, 0.25) is 5.02 Å². The number of hydrogen-bond acceptors (Lipinski definition) is 4. The monoisotopic (exact) mass is 483 g/mol. The van der Waals surface area contributed by atoms with Gasteiger partial charge in [0, 0.05) is 22.5 Å². The summed E-state index contributed by atoms with van der Waals surface area (Å²) in [5.74, 6) is 0.390. The van der Waals surface area contributed by atoms with Gasteiger partial charge in [0.2, 0.25) is 0 Å². The van der Waals surface area contributed by atoms with E-state index in [1.807, 2.05) is 24.3 Å². The van der Waals surface area contributed by atoms with Crippen LogP contribution in [0.1, 0.15) is 37.0 Å². The van der Waals surface area contributed by atoms with E-state index in [1.165, 1.54) is 0 Å². The van der Waals surface area contributed by atoms with Crippen LogP contribution < -0.4 is 10.9 Å². The lowest BCUT2D eigenvalue weighted by Crippen LogP contribution is -2.35. The molecule has 1 aliphatic rings. The lowest BCUT2D eigenvalue weighted by atomic mass is 9.82. The van der Waals surface area contributed by atoms with Crippen molar-refractivity contribution in [1.29, 1.82) is 0 Å². The van der Waals surface area contributed by atoms with Gasteiger partial charge in [0.05, 0.1) is 21.7 Å². The van der Waals surface area contributed by atoms with Crippen molar-refractivity contribution in [3.05, 3.63) is 67.6 Å². The number of aryl methyl sites for hydroxylation is 1. The van der Waals surface area contributed by atoms with Gasteiger partial charge < -0.3 is 9.73 Å². The van der Waals surface area contributed by atoms with Crippen LogP contribution in [-0.4, -0.2) is 11.8 Å². The summed E-state index contributed by atoms with van der Waals surface area (Å²) in [4.78, 5) is 24.8. The minimum Gasteiger partial charge on any atom is -0.428 e. The van der Waals surface area contributed by atoms with Crippen molar-refractivity contribution in [2.45, 2.75) is 38.6 Å². The van der Waals surface area contributed by atoms with Crippen molar-refractivity contribution in [2.75, 3.05) is 5.32 Å². The normalized spacial score (nSPS) is 18.8. The van der Waals surface area contributed by atoms with Crippen LogP contribution in [0.15, 0.2) is 50.1 Å². The lowest BCUT2D eigenvalue weighted by molar-refractivity contribution is -0.124. The zero-order chi connectivity index (χ0) is 20.3. The van der Waals surface area contributed by atoms with Gasteiger partial charge in [-0.05, 0) is 56.2 Å². The summed E-state index contributed by atoms with van der Waals surface area (Å²) in [5, 5.41) is 3.78. The van der Waals surface area contributed by atoms with Crippen molar-refractivity contribution in [3.8, 4) is 0 Å². The average molecular weight is 485 g/mol. The Morgan fingerprint density at radius 3 is 2.64 bits per heavy atom. The number of Topliss-reactive ketones (excluding diaryl/α,β-unsaturated/α-hetero) is 1. The molecule has 28 heavy (non-hydrogen) atoms. The first kappa shape index (κ1) is 21.2. The third kappa shape index (κ3) is 5.07. The second kappa shape index (κ2) is 9.29. The first-order chi connectivity index (χ1) is 13.3. The molecule has 0 unspecified atom stereocenters. The third-order valence-electron chi connectivity index (χ3n) is 4.80. The molecule has 1 saturated carbocycles. The van der Waals surface area contributed by atoms with E-state index in [4.69, 9.17) is 27.6 Å². The highest BCUT2D eigenvalue weighted by molar-refractivity contribution is 9.10. The predicted molar refractivity (Wildman–Crippen MR) is 117 cm³/mol. The van der Waals surface area contributed by atoms with Crippen LogP contribution in [0.25, 0.3) is 5.03 Å². The van der Waals surface area contributed by atoms with E-state index < -0.39 is 5.63 Å². The number of rotatable bonds is 5. The van der Waals surface area contributed by atoms with Crippen LogP contribution in [-0.2, 0) is 4.79 Å². The molecule has 1 aromatic carbocycles. The van der Waals surface area contributed by atoms with Crippen molar-refractivity contribution >= 4 is 55.6 Å². The molecule has 2 atom stereocenters. The minimum absolute atomic E-state index is 0.111. The molecule has 1 N–H and O–H groups in total. The highest BCUT2D eigenvalue weighted by Crippen LogP contribution is 2.31. The highest BCUT2D eigenvalue weighted by Gasteiger charge is 2.30. The number of ketones is 1. The number of halogens is 3. The molecule has 0 amide bonds. The molecule has 7 heteroatoms.